The van der Waals surface area contributed by atoms with E-state index < -0.39 is 11.7 Å². The van der Waals surface area contributed by atoms with Crippen molar-refractivity contribution in [1.82, 2.24) is 0 Å². The SMILES string of the molecule is Cc1ccc(/C(O)=C2\C(=N)N(c3cc(Cl)cc(Cl)c3)C3=C(C(=O)CCC3)C2c2ccccc2F)cc1. The average Bonchev–Trinajstić information content (AvgIpc) is 2.83. The number of aryl methyl sites for hydroxylation is 1. The molecule has 0 saturated heterocycles. The van der Waals surface area contributed by atoms with Gasteiger partial charge in [0.05, 0.1) is 5.69 Å². The molecule has 2 N–H and O–H groups in total. The van der Waals surface area contributed by atoms with Gasteiger partial charge >= 0.3 is 0 Å². The first-order valence-corrected chi connectivity index (χ1v) is 12.4. The Morgan fingerprint density at radius 1 is 1.03 bits per heavy atom. The number of hydrogen-bond donors (Lipinski definition) is 2. The number of benzene rings is 3. The van der Waals surface area contributed by atoms with E-state index in [2.05, 4.69) is 0 Å². The van der Waals surface area contributed by atoms with Crippen LogP contribution in [0.2, 0.25) is 10.0 Å². The van der Waals surface area contributed by atoms with Crippen LogP contribution >= 0.6 is 23.2 Å². The lowest BCUT2D eigenvalue weighted by Crippen LogP contribution is -2.42. The van der Waals surface area contributed by atoms with Gasteiger partial charge in [0.15, 0.2) is 5.78 Å². The first kappa shape index (κ1) is 24.3. The highest BCUT2D eigenvalue weighted by atomic mass is 35.5. The minimum atomic E-state index is -0.936. The number of Topliss-reactive ketones (excluding diaryl/α,β-unsaturated/α-hetero) is 1. The molecule has 4 nitrogen and oxygen atoms in total. The second-order valence-electron chi connectivity index (χ2n) is 9.03. The Labute approximate surface area is 218 Å². The molecule has 0 bridgehead atoms. The number of ketones is 1. The number of anilines is 1. The number of nitrogens with zero attached hydrogens (tertiary/aromatic N) is 1. The molecular formula is C29H23Cl2FN2O2. The Hall–Kier alpha value is -3.41. The Morgan fingerprint density at radius 3 is 2.36 bits per heavy atom. The molecule has 1 atom stereocenters. The van der Waals surface area contributed by atoms with E-state index in [1.165, 1.54) is 6.07 Å². The molecule has 3 aromatic carbocycles. The average molecular weight is 521 g/mol. The molecule has 2 aliphatic rings. The first-order chi connectivity index (χ1) is 17.3. The number of allylic oxidation sites excluding steroid dienone is 2. The van der Waals surface area contributed by atoms with Gasteiger partial charge in [-0.05, 0) is 44.0 Å². The summed E-state index contributed by atoms with van der Waals surface area (Å²) in [5.74, 6) is -1.82. The lowest BCUT2D eigenvalue weighted by Gasteiger charge is -2.42. The summed E-state index contributed by atoms with van der Waals surface area (Å²) in [4.78, 5) is 15.1. The van der Waals surface area contributed by atoms with Gasteiger partial charge in [-0.15, -0.1) is 0 Å². The van der Waals surface area contributed by atoms with Crippen molar-refractivity contribution in [2.75, 3.05) is 4.90 Å². The summed E-state index contributed by atoms with van der Waals surface area (Å²) in [6.45, 7) is 1.93. The maximum absolute atomic E-state index is 15.2. The van der Waals surface area contributed by atoms with Crippen LogP contribution in [0.25, 0.3) is 5.76 Å². The van der Waals surface area contributed by atoms with Gasteiger partial charge in [0.2, 0.25) is 0 Å². The van der Waals surface area contributed by atoms with E-state index in [4.69, 9.17) is 23.2 Å². The second kappa shape index (κ2) is 9.57. The standard InChI is InChI=1S/C29H23Cl2FN2O2/c1-16-9-11-17(12-10-16)28(36)27-25(21-5-2-3-6-22(21)32)26-23(7-4-8-24(26)35)34(29(27)33)20-14-18(30)13-19(31)15-20/h2-3,5-6,9-15,25,33,36H,4,7-8H2,1H3/b28-27+,33-29?. The van der Waals surface area contributed by atoms with Gasteiger partial charge in [-0.1, -0.05) is 71.2 Å². The van der Waals surface area contributed by atoms with Crippen LogP contribution in [0.4, 0.5) is 10.1 Å². The molecule has 0 aromatic heterocycles. The molecule has 0 radical (unpaired) electrons. The summed E-state index contributed by atoms with van der Waals surface area (Å²) in [6.07, 6.45) is 1.42. The van der Waals surface area contributed by atoms with E-state index in [0.29, 0.717) is 51.8 Å². The van der Waals surface area contributed by atoms with Crippen molar-refractivity contribution in [1.29, 1.82) is 5.41 Å². The van der Waals surface area contributed by atoms with Crippen molar-refractivity contribution in [3.05, 3.63) is 116 Å². The van der Waals surface area contributed by atoms with Crippen molar-refractivity contribution in [2.45, 2.75) is 32.1 Å². The third kappa shape index (κ3) is 4.23. The summed E-state index contributed by atoms with van der Waals surface area (Å²) in [6, 6.07) is 18.3. The Bertz CT molecular complexity index is 1440. The van der Waals surface area contributed by atoms with Gasteiger partial charge < -0.3 is 5.11 Å². The molecule has 1 heterocycles. The lowest BCUT2D eigenvalue weighted by atomic mass is 9.73. The van der Waals surface area contributed by atoms with E-state index in [1.807, 2.05) is 19.1 Å². The van der Waals surface area contributed by atoms with Gasteiger partial charge in [-0.25, -0.2) is 4.39 Å². The summed E-state index contributed by atoms with van der Waals surface area (Å²) in [5.41, 5.74) is 3.34. The fraction of sp³-hybridized carbons (Fsp3) is 0.172. The molecular weight excluding hydrogens is 498 g/mol. The maximum atomic E-state index is 15.2. The van der Waals surface area contributed by atoms with Crippen LogP contribution in [-0.2, 0) is 4.79 Å². The minimum absolute atomic E-state index is 0.0619. The van der Waals surface area contributed by atoms with Gasteiger partial charge in [0.25, 0.3) is 0 Å². The molecule has 1 unspecified atom stereocenters. The number of amidine groups is 1. The van der Waals surface area contributed by atoms with Gasteiger partial charge in [-0.2, -0.15) is 0 Å². The predicted octanol–water partition coefficient (Wildman–Crippen LogP) is 8.00. The number of aliphatic hydroxyl groups is 1. The van der Waals surface area contributed by atoms with Crippen LogP contribution in [-0.4, -0.2) is 16.7 Å². The smallest absolute Gasteiger partial charge is 0.161 e. The zero-order valence-corrected chi connectivity index (χ0v) is 21.0. The molecule has 0 spiro atoms. The molecule has 1 aliphatic heterocycles. The topological polar surface area (TPSA) is 64.4 Å². The monoisotopic (exact) mass is 520 g/mol. The number of hydrogen-bond acceptors (Lipinski definition) is 3. The number of nitrogens with one attached hydrogen (secondary N) is 1. The summed E-state index contributed by atoms with van der Waals surface area (Å²) in [7, 11) is 0. The van der Waals surface area contributed by atoms with E-state index in [-0.39, 0.29) is 28.5 Å². The van der Waals surface area contributed by atoms with Gasteiger partial charge in [-0.3, -0.25) is 15.1 Å². The van der Waals surface area contributed by atoms with E-state index >= 15 is 4.39 Å². The molecule has 3 aromatic rings. The zero-order chi connectivity index (χ0) is 25.6. The number of carbonyl (C=O) groups is 1. The molecule has 1 aliphatic carbocycles. The minimum Gasteiger partial charge on any atom is -0.507 e. The number of rotatable bonds is 3. The van der Waals surface area contributed by atoms with Crippen molar-refractivity contribution in [3.63, 3.8) is 0 Å². The second-order valence-corrected chi connectivity index (χ2v) is 9.90. The lowest BCUT2D eigenvalue weighted by molar-refractivity contribution is -0.116. The van der Waals surface area contributed by atoms with Crippen LogP contribution in [0.15, 0.2) is 83.6 Å². The zero-order valence-electron chi connectivity index (χ0n) is 19.5. The molecule has 7 heteroatoms. The molecule has 182 valence electrons. The molecule has 36 heavy (non-hydrogen) atoms. The summed E-state index contributed by atoms with van der Waals surface area (Å²) in [5, 5.41) is 21.6. The third-order valence-corrected chi connectivity index (χ3v) is 7.09. The number of aliphatic hydroxyl groups excluding tert-OH is 1. The first-order valence-electron chi connectivity index (χ1n) is 11.6. The summed E-state index contributed by atoms with van der Waals surface area (Å²) < 4.78 is 15.2. The van der Waals surface area contributed by atoms with Crippen LogP contribution in [0.5, 0.6) is 0 Å². The van der Waals surface area contributed by atoms with E-state index in [1.54, 1.807) is 53.4 Å². The fourth-order valence-corrected chi connectivity index (χ4v) is 5.55. The molecule has 5 rings (SSSR count). The summed E-state index contributed by atoms with van der Waals surface area (Å²) >= 11 is 12.6. The largest absolute Gasteiger partial charge is 0.507 e. The molecule has 0 amide bonds. The van der Waals surface area contributed by atoms with Crippen molar-refractivity contribution in [3.8, 4) is 0 Å². The Morgan fingerprint density at radius 2 is 1.69 bits per heavy atom. The van der Waals surface area contributed by atoms with Crippen LogP contribution in [0.1, 0.15) is 41.9 Å². The molecule has 0 saturated carbocycles. The van der Waals surface area contributed by atoms with Crippen LogP contribution in [0, 0.1) is 18.2 Å². The van der Waals surface area contributed by atoms with Gasteiger partial charge in [0, 0.05) is 50.4 Å². The fourth-order valence-electron chi connectivity index (χ4n) is 5.03. The highest BCUT2D eigenvalue weighted by Gasteiger charge is 2.44. The predicted molar refractivity (Wildman–Crippen MR) is 142 cm³/mol. The third-order valence-electron chi connectivity index (χ3n) is 6.66. The van der Waals surface area contributed by atoms with Crippen molar-refractivity contribution < 1.29 is 14.3 Å². The van der Waals surface area contributed by atoms with Crippen LogP contribution in [0.3, 0.4) is 0 Å². The quantitative estimate of drug-likeness (QED) is 0.343. The van der Waals surface area contributed by atoms with E-state index in [9.17, 15) is 15.3 Å². The maximum Gasteiger partial charge on any atom is 0.161 e. The highest BCUT2D eigenvalue weighted by molar-refractivity contribution is 6.35. The highest BCUT2D eigenvalue weighted by Crippen LogP contribution is 2.48. The van der Waals surface area contributed by atoms with Crippen molar-refractivity contribution in [2.24, 2.45) is 0 Å². The Kier molecular flexibility index (Phi) is 6.45. The normalized spacial score (nSPS) is 19.4. The van der Waals surface area contributed by atoms with Crippen molar-refractivity contribution >= 4 is 46.3 Å². The van der Waals surface area contributed by atoms with Gasteiger partial charge in [0.1, 0.15) is 17.4 Å². The number of halogens is 3. The number of carbonyl (C=O) groups excluding carboxylic acids is 1. The Balaban J connectivity index is 1.86. The van der Waals surface area contributed by atoms with Crippen LogP contribution < -0.4 is 4.90 Å². The molecule has 0 fully saturated rings. The van der Waals surface area contributed by atoms with E-state index in [0.717, 1.165) is 5.56 Å².